The van der Waals surface area contributed by atoms with Crippen molar-refractivity contribution in [2.75, 3.05) is 32.7 Å². The minimum atomic E-state index is -2.62. The van der Waals surface area contributed by atoms with E-state index in [2.05, 4.69) is 10.2 Å². The number of nitro groups is 1. The quantitative estimate of drug-likeness (QED) is 0.485. The molecule has 0 atom stereocenters. The lowest BCUT2D eigenvalue weighted by Crippen LogP contribution is -2.50. The fourth-order valence-corrected chi connectivity index (χ4v) is 4.42. The average Bonchev–Trinajstić information content (AvgIpc) is 2.73. The van der Waals surface area contributed by atoms with Crippen LogP contribution in [0.4, 0.5) is 14.5 Å². The Morgan fingerprint density at radius 1 is 1.16 bits per heavy atom. The third kappa shape index (κ3) is 7.09. The Morgan fingerprint density at radius 3 is 2.44 bits per heavy atom. The first-order valence-corrected chi connectivity index (χ1v) is 11.1. The summed E-state index contributed by atoms with van der Waals surface area (Å²) in [5.41, 5.74) is 0.677. The molecule has 1 heterocycles. The van der Waals surface area contributed by atoms with Gasteiger partial charge in [0.15, 0.2) is 0 Å². The Kier molecular flexibility index (Phi) is 8.00. The maximum atomic E-state index is 13.2. The lowest BCUT2D eigenvalue weighted by molar-refractivity contribution is -0.384. The molecule has 2 fully saturated rings. The van der Waals surface area contributed by atoms with Gasteiger partial charge in [-0.25, -0.2) is 8.78 Å². The second kappa shape index (κ2) is 10.5. The Labute approximate surface area is 190 Å². The zero-order chi connectivity index (χ0) is 23.3. The van der Waals surface area contributed by atoms with Gasteiger partial charge in [-0.2, -0.15) is 0 Å². The summed E-state index contributed by atoms with van der Waals surface area (Å²) < 4.78 is 26.4. The lowest BCUT2D eigenvalue weighted by Gasteiger charge is -2.34. The van der Waals surface area contributed by atoms with Gasteiger partial charge in [-0.1, -0.05) is 11.6 Å². The van der Waals surface area contributed by atoms with E-state index in [4.69, 9.17) is 11.6 Å². The van der Waals surface area contributed by atoms with E-state index in [9.17, 15) is 28.5 Å². The predicted octanol–water partition coefficient (Wildman–Crippen LogP) is 3.22. The number of benzene rings is 1. The van der Waals surface area contributed by atoms with Crippen molar-refractivity contribution in [2.45, 2.75) is 44.6 Å². The van der Waals surface area contributed by atoms with Gasteiger partial charge in [-0.3, -0.25) is 24.6 Å². The van der Waals surface area contributed by atoms with Crippen molar-refractivity contribution < 1.29 is 23.3 Å². The number of nitrogens with zero attached hydrogens (tertiary/aromatic N) is 3. The summed E-state index contributed by atoms with van der Waals surface area (Å²) in [5.74, 6) is -3.15. The molecular formula is C21H27ClF2N4O4. The van der Waals surface area contributed by atoms with E-state index in [1.807, 2.05) is 0 Å². The van der Waals surface area contributed by atoms with Gasteiger partial charge in [0.2, 0.25) is 17.7 Å². The fourth-order valence-electron chi connectivity index (χ4n) is 4.17. The first kappa shape index (κ1) is 24.3. The summed E-state index contributed by atoms with van der Waals surface area (Å²) in [6, 6.07) is 4.49. The summed E-state index contributed by atoms with van der Waals surface area (Å²) in [7, 11) is 0. The molecule has 0 bridgehead atoms. The van der Waals surface area contributed by atoms with E-state index >= 15 is 0 Å². The van der Waals surface area contributed by atoms with Crippen molar-refractivity contribution in [2.24, 2.45) is 5.92 Å². The molecule has 1 N–H and O–H groups in total. The maximum Gasteiger partial charge on any atom is 0.271 e. The number of rotatable bonds is 7. The van der Waals surface area contributed by atoms with E-state index < -0.39 is 10.8 Å². The van der Waals surface area contributed by atoms with Crippen LogP contribution >= 0.6 is 11.6 Å². The molecule has 0 spiro atoms. The topological polar surface area (TPSA) is 95.8 Å². The van der Waals surface area contributed by atoms with E-state index in [0.29, 0.717) is 50.6 Å². The number of amides is 2. The first-order valence-electron chi connectivity index (χ1n) is 10.7. The van der Waals surface area contributed by atoms with E-state index in [1.54, 1.807) is 11.0 Å². The largest absolute Gasteiger partial charge is 0.347 e. The van der Waals surface area contributed by atoms with E-state index in [1.165, 1.54) is 12.1 Å². The van der Waals surface area contributed by atoms with Crippen LogP contribution in [0, 0.1) is 16.0 Å². The van der Waals surface area contributed by atoms with Crippen LogP contribution in [-0.2, 0) is 16.1 Å². The molecule has 3 rings (SSSR count). The lowest BCUT2D eigenvalue weighted by atomic mass is 9.84. The van der Waals surface area contributed by atoms with Gasteiger partial charge in [-0.15, -0.1) is 0 Å². The molecule has 11 heteroatoms. The molecule has 2 amide bonds. The molecule has 176 valence electrons. The molecule has 1 aliphatic carbocycles. The highest BCUT2D eigenvalue weighted by atomic mass is 35.5. The Balaban J connectivity index is 1.38. The number of hydrogen-bond acceptors (Lipinski definition) is 5. The molecule has 2 aliphatic rings. The number of alkyl halides is 2. The van der Waals surface area contributed by atoms with Crippen molar-refractivity contribution in [3.05, 3.63) is 38.9 Å². The van der Waals surface area contributed by atoms with Crippen LogP contribution < -0.4 is 5.32 Å². The van der Waals surface area contributed by atoms with Crippen LogP contribution in [0.2, 0.25) is 5.02 Å². The number of hydrogen-bond donors (Lipinski definition) is 1. The van der Waals surface area contributed by atoms with Gasteiger partial charge in [0.1, 0.15) is 0 Å². The number of nitro benzene ring substituents is 1. The van der Waals surface area contributed by atoms with Gasteiger partial charge >= 0.3 is 0 Å². The third-order valence-electron chi connectivity index (χ3n) is 6.03. The van der Waals surface area contributed by atoms with Crippen LogP contribution in [0.1, 0.15) is 37.7 Å². The second-order valence-corrected chi connectivity index (χ2v) is 8.95. The van der Waals surface area contributed by atoms with Crippen LogP contribution in [-0.4, -0.2) is 65.2 Å². The molecule has 1 aliphatic heterocycles. The van der Waals surface area contributed by atoms with Gasteiger partial charge < -0.3 is 10.2 Å². The van der Waals surface area contributed by atoms with Crippen LogP contribution in [0.3, 0.4) is 0 Å². The number of piperazine rings is 1. The number of nitrogens with one attached hydrogen (secondary N) is 1. The summed E-state index contributed by atoms with van der Waals surface area (Å²) in [4.78, 5) is 38.7. The Hall–Kier alpha value is -2.33. The number of non-ortho nitro benzene ring substituents is 1. The Morgan fingerprint density at radius 2 is 1.81 bits per heavy atom. The summed E-state index contributed by atoms with van der Waals surface area (Å²) in [5, 5.41) is 13.9. The van der Waals surface area contributed by atoms with Gasteiger partial charge in [-0.05, 0) is 30.4 Å². The SMILES string of the molecule is O=C(CC1CCC(F)(F)CC1)NCC(=O)N1CCN(Cc2cc(Cl)cc([N+](=O)[O-])c2)CC1. The molecule has 0 unspecified atom stereocenters. The zero-order valence-corrected chi connectivity index (χ0v) is 18.5. The van der Waals surface area contributed by atoms with E-state index in [0.717, 1.165) is 5.56 Å². The van der Waals surface area contributed by atoms with Crippen molar-refractivity contribution in [1.82, 2.24) is 15.1 Å². The monoisotopic (exact) mass is 472 g/mol. The molecule has 8 nitrogen and oxygen atoms in total. The zero-order valence-electron chi connectivity index (χ0n) is 17.7. The number of halogens is 3. The van der Waals surface area contributed by atoms with Gasteiger partial charge in [0, 0.05) is 69.1 Å². The number of carbonyl (C=O) groups is 2. The van der Waals surface area contributed by atoms with Crippen molar-refractivity contribution >= 4 is 29.1 Å². The molecule has 1 aromatic carbocycles. The molecule has 1 aromatic rings. The highest BCUT2D eigenvalue weighted by molar-refractivity contribution is 6.30. The summed E-state index contributed by atoms with van der Waals surface area (Å²) in [6.07, 6.45) is 0.453. The summed E-state index contributed by atoms with van der Waals surface area (Å²) >= 11 is 5.97. The maximum absolute atomic E-state index is 13.2. The molecule has 1 saturated heterocycles. The van der Waals surface area contributed by atoms with Crippen LogP contribution in [0.15, 0.2) is 18.2 Å². The molecule has 0 radical (unpaired) electrons. The third-order valence-corrected chi connectivity index (χ3v) is 6.25. The Bertz CT molecular complexity index is 852. The minimum Gasteiger partial charge on any atom is -0.347 e. The van der Waals surface area contributed by atoms with Crippen molar-refractivity contribution in [3.8, 4) is 0 Å². The molecule has 0 aromatic heterocycles. The van der Waals surface area contributed by atoms with Gasteiger partial charge in [0.25, 0.3) is 5.69 Å². The average molecular weight is 473 g/mol. The predicted molar refractivity (Wildman–Crippen MR) is 114 cm³/mol. The molecule has 1 saturated carbocycles. The second-order valence-electron chi connectivity index (χ2n) is 8.51. The summed E-state index contributed by atoms with van der Waals surface area (Å²) in [6.45, 7) is 2.53. The van der Waals surface area contributed by atoms with Crippen LogP contribution in [0.25, 0.3) is 0 Å². The normalized spacial score (nSPS) is 19.5. The smallest absolute Gasteiger partial charge is 0.271 e. The van der Waals surface area contributed by atoms with E-state index in [-0.39, 0.29) is 49.2 Å². The minimum absolute atomic E-state index is 0.0565. The van der Waals surface area contributed by atoms with Crippen LogP contribution in [0.5, 0.6) is 0 Å². The molecule has 32 heavy (non-hydrogen) atoms. The first-order chi connectivity index (χ1) is 15.1. The highest BCUT2D eigenvalue weighted by Crippen LogP contribution is 2.37. The van der Waals surface area contributed by atoms with Crippen molar-refractivity contribution in [1.29, 1.82) is 0 Å². The van der Waals surface area contributed by atoms with Crippen molar-refractivity contribution in [3.63, 3.8) is 0 Å². The van der Waals surface area contributed by atoms with Gasteiger partial charge in [0.05, 0.1) is 11.5 Å². The standard InChI is InChI=1S/C21H27ClF2N4O4/c22-17-9-16(10-18(12-17)28(31)32)14-26-5-7-27(8-6-26)20(30)13-25-19(29)11-15-1-3-21(23,24)4-2-15/h9-10,12,15H,1-8,11,13-14H2,(H,25,29). The number of carbonyl (C=O) groups excluding carboxylic acids is 2. The molecular weight excluding hydrogens is 446 g/mol. The highest BCUT2D eigenvalue weighted by Gasteiger charge is 2.35. The fraction of sp³-hybridized carbons (Fsp3) is 0.619.